The number of anilines is 1. The van der Waals surface area contributed by atoms with Gasteiger partial charge in [0.15, 0.2) is 0 Å². The summed E-state index contributed by atoms with van der Waals surface area (Å²) in [5.74, 6) is 0. The Bertz CT molecular complexity index is 561. The number of hydrogen-bond acceptors (Lipinski definition) is 5. The zero-order valence-corrected chi connectivity index (χ0v) is 14.1. The smallest absolute Gasteiger partial charge is 0.410 e. The van der Waals surface area contributed by atoms with Crippen molar-refractivity contribution in [2.24, 2.45) is 0 Å². The zero-order chi connectivity index (χ0) is 16.3. The fraction of sp³-hybridized carbons (Fsp3) is 0.500. The van der Waals surface area contributed by atoms with E-state index in [-0.39, 0.29) is 6.09 Å². The molecule has 1 fully saturated rings. The lowest BCUT2D eigenvalue weighted by molar-refractivity contribution is 0.0240. The summed E-state index contributed by atoms with van der Waals surface area (Å²) in [6, 6.07) is 5.51. The van der Waals surface area contributed by atoms with Crippen LogP contribution in [-0.2, 0) is 4.74 Å². The van der Waals surface area contributed by atoms with E-state index in [2.05, 4.69) is 17.5 Å². The van der Waals surface area contributed by atoms with Gasteiger partial charge in [-0.05, 0) is 39.0 Å². The molecule has 1 heterocycles. The molecule has 120 valence electrons. The van der Waals surface area contributed by atoms with E-state index < -0.39 is 5.60 Å². The maximum absolute atomic E-state index is 12.0. The minimum Gasteiger partial charge on any atom is -0.444 e. The third kappa shape index (κ3) is 4.40. The molecule has 0 unspecified atom stereocenters. The Labute approximate surface area is 136 Å². The second-order valence-corrected chi connectivity index (χ2v) is 6.87. The third-order valence-electron chi connectivity index (χ3n) is 3.36. The van der Waals surface area contributed by atoms with E-state index in [0.717, 1.165) is 16.9 Å². The summed E-state index contributed by atoms with van der Waals surface area (Å²) in [4.78, 5) is 27.6. The van der Waals surface area contributed by atoms with Gasteiger partial charge < -0.3 is 14.5 Å². The summed E-state index contributed by atoms with van der Waals surface area (Å²) in [5, 5.41) is 0. The molecule has 2 rings (SSSR count). The van der Waals surface area contributed by atoms with Crippen LogP contribution in [0.2, 0.25) is 0 Å². The molecular formula is C16H22N2O3S. The van der Waals surface area contributed by atoms with Crippen LogP contribution in [0, 0.1) is 0 Å². The fourth-order valence-electron chi connectivity index (χ4n) is 2.34. The molecule has 1 saturated heterocycles. The average Bonchev–Trinajstić information content (AvgIpc) is 2.45. The minimum absolute atomic E-state index is 0.274. The number of aldehydes is 1. The van der Waals surface area contributed by atoms with Gasteiger partial charge in [0.25, 0.3) is 0 Å². The lowest BCUT2D eigenvalue weighted by atomic mass is 10.2. The van der Waals surface area contributed by atoms with Gasteiger partial charge in [-0.1, -0.05) is 0 Å². The highest BCUT2D eigenvalue weighted by atomic mass is 32.1. The third-order valence-corrected chi connectivity index (χ3v) is 3.62. The van der Waals surface area contributed by atoms with Crippen molar-refractivity contribution in [3.63, 3.8) is 0 Å². The largest absolute Gasteiger partial charge is 0.444 e. The van der Waals surface area contributed by atoms with Crippen molar-refractivity contribution in [2.75, 3.05) is 31.1 Å². The quantitative estimate of drug-likeness (QED) is 0.672. The highest BCUT2D eigenvalue weighted by Gasteiger charge is 2.26. The van der Waals surface area contributed by atoms with Crippen molar-refractivity contribution in [3.8, 4) is 0 Å². The van der Waals surface area contributed by atoms with Crippen molar-refractivity contribution in [3.05, 3.63) is 23.8 Å². The molecule has 0 atom stereocenters. The highest BCUT2D eigenvalue weighted by Crippen LogP contribution is 2.22. The summed E-state index contributed by atoms with van der Waals surface area (Å²) >= 11 is 4.32. The molecule has 0 saturated carbocycles. The molecule has 0 aromatic heterocycles. The first-order chi connectivity index (χ1) is 10.3. The number of benzene rings is 1. The van der Waals surface area contributed by atoms with Gasteiger partial charge in [-0.25, -0.2) is 4.79 Å². The molecule has 0 aliphatic carbocycles. The lowest BCUT2D eigenvalue weighted by Crippen LogP contribution is -2.50. The summed E-state index contributed by atoms with van der Waals surface area (Å²) in [7, 11) is 0. The summed E-state index contributed by atoms with van der Waals surface area (Å²) in [6.07, 6.45) is 0.545. The van der Waals surface area contributed by atoms with Crippen LogP contribution in [0.1, 0.15) is 31.1 Å². The van der Waals surface area contributed by atoms with Crippen LogP contribution in [0.5, 0.6) is 0 Å². The standard InChI is InChI=1S/C16H22N2O3S/c1-16(2,3)21-15(20)18-6-4-17(5-7-18)13-8-12(11-19)9-14(22)10-13/h8-11,22H,4-7H2,1-3H3. The van der Waals surface area contributed by atoms with Crippen LogP contribution in [-0.4, -0.2) is 49.1 Å². The van der Waals surface area contributed by atoms with Crippen LogP contribution in [0.15, 0.2) is 23.1 Å². The Morgan fingerprint density at radius 1 is 1.18 bits per heavy atom. The van der Waals surface area contributed by atoms with Gasteiger partial charge in [-0.2, -0.15) is 0 Å². The zero-order valence-electron chi connectivity index (χ0n) is 13.2. The van der Waals surface area contributed by atoms with Crippen molar-refractivity contribution < 1.29 is 14.3 Å². The molecule has 0 spiro atoms. The van der Waals surface area contributed by atoms with Gasteiger partial charge in [0.1, 0.15) is 11.9 Å². The van der Waals surface area contributed by atoms with Gasteiger partial charge in [0.05, 0.1) is 0 Å². The van der Waals surface area contributed by atoms with Crippen LogP contribution in [0.4, 0.5) is 10.5 Å². The number of hydrogen-bond donors (Lipinski definition) is 1. The van der Waals surface area contributed by atoms with E-state index in [0.29, 0.717) is 31.7 Å². The number of nitrogens with zero attached hydrogens (tertiary/aromatic N) is 2. The van der Waals surface area contributed by atoms with Gasteiger partial charge in [-0.3, -0.25) is 4.79 Å². The molecule has 0 radical (unpaired) electrons. The normalized spacial score (nSPS) is 15.6. The number of ether oxygens (including phenoxy) is 1. The van der Waals surface area contributed by atoms with E-state index in [9.17, 15) is 9.59 Å². The van der Waals surface area contributed by atoms with Crippen LogP contribution in [0.3, 0.4) is 0 Å². The average molecular weight is 322 g/mol. The molecule has 0 bridgehead atoms. The number of rotatable bonds is 2. The number of carbonyl (C=O) groups excluding carboxylic acids is 2. The van der Waals surface area contributed by atoms with Crippen LogP contribution in [0.25, 0.3) is 0 Å². The first-order valence-corrected chi connectivity index (χ1v) is 7.75. The monoisotopic (exact) mass is 322 g/mol. The van der Waals surface area contributed by atoms with E-state index >= 15 is 0 Å². The van der Waals surface area contributed by atoms with Crippen molar-refractivity contribution in [1.82, 2.24) is 4.90 Å². The Morgan fingerprint density at radius 3 is 2.36 bits per heavy atom. The van der Waals surface area contributed by atoms with Crippen molar-refractivity contribution >= 4 is 30.7 Å². The van der Waals surface area contributed by atoms with Crippen LogP contribution < -0.4 is 4.90 Å². The Kier molecular flexibility index (Phi) is 5.01. The van der Waals surface area contributed by atoms with Gasteiger partial charge in [0.2, 0.25) is 0 Å². The Morgan fingerprint density at radius 2 is 1.82 bits per heavy atom. The van der Waals surface area contributed by atoms with Gasteiger partial charge in [-0.15, -0.1) is 12.6 Å². The Hall–Kier alpha value is -1.69. The number of thiol groups is 1. The SMILES string of the molecule is CC(C)(C)OC(=O)N1CCN(c2cc(S)cc(C=O)c2)CC1. The second-order valence-electron chi connectivity index (χ2n) is 6.36. The summed E-state index contributed by atoms with van der Waals surface area (Å²) in [6.45, 7) is 8.19. The first-order valence-electron chi connectivity index (χ1n) is 7.30. The molecule has 1 aliphatic heterocycles. The van der Waals surface area contributed by atoms with Crippen LogP contribution >= 0.6 is 12.6 Å². The van der Waals surface area contributed by atoms with E-state index in [4.69, 9.17) is 4.74 Å². The molecule has 1 aromatic rings. The van der Waals surface area contributed by atoms with Crippen molar-refractivity contribution in [1.29, 1.82) is 0 Å². The molecule has 1 aromatic carbocycles. The molecule has 1 amide bonds. The Balaban J connectivity index is 1.99. The molecule has 5 nitrogen and oxygen atoms in total. The van der Waals surface area contributed by atoms with E-state index in [1.807, 2.05) is 32.9 Å². The maximum Gasteiger partial charge on any atom is 0.410 e. The molecule has 1 aliphatic rings. The summed E-state index contributed by atoms with van der Waals surface area (Å²) in [5.41, 5.74) is 1.09. The fourth-order valence-corrected chi connectivity index (χ4v) is 2.62. The number of carbonyl (C=O) groups is 2. The first kappa shape index (κ1) is 16.7. The number of piperazine rings is 1. The van der Waals surface area contributed by atoms with Gasteiger partial charge in [0, 0.05) is 42.3 Å². The predicted molar refractivity (Wildman–Crippen MR) is 89.1 cm³/mol. The highest BCUT2D eigenvalue weighted by molar-refractivity contribution is 7.80. The maximum atomic E-state index is 12.0. The minimum atomic E-state index is -0.479. The lowest BCUT2D eigenvalue weighted by Gasteiger charge is -2.36. The topological polar surface area (TPSA) is 49.9 Å². The number of amides is 1. The predicted octanol–water partition coefficient (Wildman–Crippen LogP) is 2.84. The molecule has 6 heteroatoms. The van der Waals surface area contributed by atoms with E-state index in [1.165, 1.54) is 0 Å². The van der Waals surface area contributed by atoms with Gasteiger partial charge >= 0.3 is 6.09 Å². The van der Waals surface area contributed by atoms with E-state index in [1.54, 1.807) is 11.0 Å². The second kappa shape index (κ2) is 6.60. The molecular weight excluding hydrogens is 300 g/mol. The molecule has 0 N–H and O–H groups in total. The molecule has 22 heavy (non-hydrogen) atoms. The summed E-state index contributed by atoms with van der Waals surface area (Å²) < 4.78 is 5.38. The van der Waals surface area contributed by atoms with Crippen molar-refractivity contribution in [2.45, 2.75) is 31.3 Å².